The molecular weight excluding hydrogens is 332 g/mol. The molecule has 0 aromatic heterocycles. The Bertz CT molecular complexity index is 730. The van der Waals surface area contributed by atoms with Crippen LogP contribution in [0.1, 0.15) is 49.5 Å². The average molecular weight is 356 g/mol. The molecule has 3 N–H and O–H groups in total. The van der Waals surface area contributed by atoms with Gasteiger partial charge in [0.25, 0.3) is 5.91 Å². The summed E-state index contributed by atoms with van der Waals surface area (Å²) in [5.74, 6) is -1.74. The molecule has 1 rings (SSSR count). The number of carboxylic acid groups (broad SMARTS) is 1. The number of sulfonamides is 1. The van der Waals surface area contributed by atoms with E-state index in [0.29, 0.717) is 12.0 Å². The summed E-state index contributed by atoms with van der Waals surface area (Å²) in [6.07, 6.45) is 0.847. The number of carboxylic acids is 1. The summed E-state index contributed by atoms with van der Waals surface area (Å²) in [4.78, 5) is 23.9. The van der Waals surface area contributed by atoms with Crippen LogP contribution in [0.4, 0.5) is 0 Å². The molecule has 1 aromatic rings. The molecule has 0 spiro atoms. The van der Waals surface area contributed by atoms with E-state index in [2.05, 4.69) is 10.0 Å². The molecule has 0 aliphatic rings. The van der Waals surface area contributed by atoms with Crippen LogP contribution >= 0.6 is 0 Å². The minimum Gasteiger partial charge on any atom is -0.480 e. The van der Waals surface area contributed by atoms with Crippen LogP contribution in [-0.2, 0) is 14.8 Å². The third kappa shape index (κ3) is 4.55. The van der Waals surface area contributed by atoms with Gasteiger partial charge in [-0.05, 0) is 38.0 Å². The predicted molar refractivity (Wildman–Crippen MR) is 90.5 cm³/mol. The van der Waals surface area contributed by atoms with Crippen molar-refractivity contribution in [1.29, 1.82) is 0 Å². The van der Waals surface area contributed by atoms with Gasteiger partial charge in [0.05, 0.1) is 4.90 Å². The van der Waals surface area contributed by atoms with Crippen LogP contribution in [0.5, 0.6) is 0 Å². The summed E-state index contributed by atoms with van der Waals surface area (Å²) < 4.78 is 26.5. The number of hydrogen-bond donors (Lipinski definition) is 3. The van der Waals surface area contributed by atoms with Crippen molar-refractivity contribution < 1.29 is 23.1 Å². The molecule has 0 fully saturated rings. The number of amides is 1. The first kappa shape index (κ1) is 20.1. The molecule has 0 bridgehead atoms. The van der Waals surface area contributed by atoms with Crippen LogP contribution in [-0.4, -0.2) is 37.5 Å². The van der Waals surface area contributed by atoms with Crippen LogP contribution < -0.4 is 10.0 Å². The Morgan fingerprint density at radius 2 is 1.88 bits per heavy atom. The molecule has 7 nitrogen and oxygen atoms in total. The first-order valence-electron chi connectivity index (χ1n) is 7.73. The fourth-order valence-electron chi connectivity index (χ4n) is 2.33. The molecule has 1 unspecified atom stereocenters. The highest BCUT2D eigenvalue weighted by atomic mass is 32.2. The zero-order valence-corrected chi connectivity index (χ0v) is 15.2. The monoisotopic (exact) mass is 356 g/mol. The second-order valence-corrected chi connectivity index (χ2v) is 7.59. The van der Waals surface area contributed by atoms with E-state index in [0.717, 1.165) is 0 Å². The van der Waals surface area contributed by atoms with Gasteiger partial charge in [-0.1, -0.05) is 26.3 Å². The van der Waals surface area contributed by atoms with E-state index >= 15 is 0 Å². The fraction of sp³-hybridized carbons (Fsp3) is 0.500. The Morgan fingerprint density at radius 1 is 1.25 bits per heavy atom. The first-order valence-corrected chi connectivity index (χ1v) is 9.22. The van der Waals surface area contributed by atoms with Crippen LogP contribution in [0.2, 0.25) is 0 Å². The molecule has 0 saturated carbocycles. The van der Waals surface area contributed by atoms with Gasteiger partial charge in [-0.2, -0.15) is 0 Å². The van der Waals surface area contributed by atoms with Gasteiger partial charge in [0.1, 0.15) is 5.54 Å². The zero-order chi connectivity index (χ0) is 18.5. The highest BCUT2D eigenvalue weighted by molar-refractivity contribution is 7.89. The van der Waals surface area contributed by atoms with Gasteiger partial charge in [0, 0.05) is 12.1 Å². The number of rotatable bonds is 8. The molecule has 0 saturated heterocycles. The number of aryl methyl sites for hydroxylation is 1. The Morgan fingerprint density at radius 3 is 2.38 bits per heavy atom. The van der Waals surface area contributed by atoms with E-state index < -0.39 is 27.4 Å². The Balaban J connectivity index is 3.22. The normalized spacial score (nSPS) is 14.0. The lowest BCUT2D eigenvalue weighted by molar-refractivity contribution is -0.144. The van der Waals surface area contributed by atoms with Gasteiger partial charge >= 0.3 is 5.97 Å². The van der Waals surface area contributed by atoms with Crippen molar-refractivity contribution in [3.63, 3.8) is 0 Å². The lowest BCUT2D eigenvalue weighted by Crippen LogP contribution is -2.52. The minimum absolute atomic E-state index is 0.0346. The molecule has 1 amide bonds. The third-order valence-corrected chi connectivity index (χ3v) is 5.25. The van der Waals surface area contributed by atoms with Crippen LogP contribution in [0.3, 0.4) is 0 Å². The van der Waals surface area contributed by atoms with Crippen LogP contribution in [0.15, 0.2) is 23.1 Å². The molecule has 0 heterocycles. The van der Waals surface area contributed by atoms with Crippen molar-refractivity contribution in [3.8, 4) is 0 Å². The lowest BCUT2D eigenvalue weighted by atomic mass is 9.95. The number of aliphatic carboxylic acids is 1. The van der Waals surface area contributed by atoms with E-state index in [1.807, 2.05) is 6.92 Å². The topological polar surface area (TPSA) is 113 Å². The van der Waals surface area contributed by atoms with Gasteiger partial charge in [-0.3, -0.25) is 4.79 Å². The standard InChI is InChI=1S/C16H24N2O5S/c1-5-9-16(4,15(20)21)18-14(19)13-10-12(8-7-11(13)3)24(22,23)17-6-2/h7-8,10,17H,5-6,9H2,1-4H3,(H,18,19)(H,20,21). The first-order chi connectivity index (χ1) is 11.1. The van der Waals surface area contributed by atoms with Crippen molar-refractivity contribution in [2.45, 2.75) is 51.0 Å². The fourth-order valence-corrected chi connectivity index (χ4v) is 3.39. The van der Waals surface area contributed by atoms with Crippen molar-refractivity contribution >= 4 is 21.9 Å². The minimum atomic E-state index is -3.70. The van der Waals surface area contributed by atoms with Crippen molar-refractivity contribution in [3.05, 3.63) is 29.3 Å². The van der Waals surface area contributed by atoms with E-state index in [1.54, 1.807) is 13.8 Å². The van der Waals surface area contributed by atoms with Crippen molar-refractivity contribution in [2.75, 3.05) is 6.54 Å². The number of carbonyl (C=O) groups excluding carboxylic acids is 1. The molecule has 0 aliphatic heterocycles. The van der Waals surface area contributed by atoms with Crippen LogP contribution in [0, 0.1) is 6.92 Å². The molecule has 1 aromatic carbocycles. The zero-order valence-electron chi connectivity index (χ0n) is 14.3. The average Bonchev–Trinajstić information content (AvgIpc) is 2.47. The summed E-state index contributed by atoms with van der Waals surface area (Å²) >= 11 is 0. The Hall–Kier alpha value is -1.93. The second kappa shape index (κ2) is 7.76. The van der Waals surface area contributed by atoms with Gasteiger partial charge in [0.2, 0.25) is 10.0 Å². The highest BCUT2D eigenvalue weighted by Gasteiger charge is 2.34. The predicted octanol–water partition coefficient (Wildman–Crippen LogP) is 1.67. The quantitative estimate of drug-likeness (QED) is 0.656. The van der Waals surface area contributed by atoms with E-state index in [1.165, 1.54) is 25.1 Å². The molecular formula is C16H24N2O5S. The molecule has 1 atom stereocenters. The van der Waals surface area contributed by atoms with Gasteiger partial charge < -0.3 is 10.4 Å². The van der Waals surface area contributed by atoms with Gasteiger partial charge in [-0.15, -0.1) is 0 Å². The summed E-state index contributed by atoms with van der Waals surface area (Å²) in [6.45, 7) is 6.80. The highest BCUT2D eigenvalue weighted by Crippen LogP contribution is 2.18. The molecule has 0 aliphatic carbocycles. The lowest BCUT2D eigenvalue weighted by Gasteiger charge is -2.26. The second-order valence-electron chi connectivity index (χ2n) is 5.82. The van der Waals surface area contributed by atoms with Gasteiger partial charge in [-0.25, -0.2) is 17.9 Å². The van der Waals surface area contributed by atoms with Crippen LogP contribution in [0.25, 0.3) is 0 Å². The third-order valence-electron chi connectivity index (χ3n) is 3.71. The Kier molecular flexibility index (Phi) is 6.50. The largest absolute Gasteiger partial charge is 0.480 e. The molecule has 134 valence electrons. The van der Waals surface area contributed by atoms with Crippen molar-refractivity contribution in [2.24, 2.45) is 0 Å². The van der Waals surface area contributed by atoms with E-state index in [-0.39, 0.29) is 23.4 Å². The number of carbonyl (C=O) groups is 2. The molecule has 8 heteroatoms. The summed E-state index contributed by atoms with van der Waals surface area (Å²) in [5.41, 5.74) is -0.709. The smallest absolute Gasteiger partial charge is 0.329 e. The molecule has 24 heavy (non-hydrogen) atoms. The number of nitrogens with one attached hydrogen (secondary N) is 2. The van der Waals surface area contributed by atoms with Crippen molar-refractivity contribution in [1.82, 2.24) is 10.0 Å². The molecule has 0 radical (unpaired) electrons. The van der Waals surface area contributed by atoms with E-state index in [9.17, 15) is 23.1 Å². The summed E-state index contributed by atoms with van der Waals surface area (Å²) in [7, 11) is -3.70. The van der Waals surface area contributed by atoms with E-state index in [4.69, 9.17) is 0 Å². The summed E-state index contributed by atoms with van der Waals surface area (Å²) in [5, 5.41) is 11.9. The van der Waals surface area contributed by atoms with Gasteiger partial charge in [0.15, 0.2) is 0 Å². The Labute approximate surface area is 142 Å². The maximum Gasteiger partial charge on any atom is 0.329 e. The maximum atomic E-state index is 12.5. The maximum absolute atomic E-state index is 12.5. The summed E-state index contributed by atoms with van der Waals surface area (Å²) in [6, 6.07) is 4.19. The number of benzene rings is 1. The number of hydrogen-bond acceptors (Lipinski definition) is 4. The SMILES string of the molecule is CCCC(C)(NC(=O)c1cc(S(=O)(=O)NCC)ccc1C)C(=O)O.